The van der Waals surface area contributed by atoms with Crippen molar-refractivity contribution in [2.75, 3.05) is 18.4 Å². The van der Waals surface area contributed by atoms with Crippen molar-refractivity contribution in [2.24, 2.45) is 0 Å². The molecule has 2 amide bonds. The third-order valence-electron chi connectivity index (χ3n) is 3.94. The van der Waals surface area contributed by atoms with Crippen LogP contribution in [0, 0.1) is 11.6 Å². The summed E-state index contributed by atoms with van der Waals surface area (Å²) in [4.78, 5) is 13.8. The number of halogens is 2. The molecule has 22 heavy (non-hydrogen) atoms. The Morgan fingerprint density at radius 2 is 1.73 bits per heavy atom. The van der Waals surface area contributed by atoms with E-state index in [9.17, 15) is 13.6 Å². The summed E-state index contributed by atoms with van der Waals surface area (Å²) in [6.45, 7) is 1.12. The van der Waals surface area contributed by atoms with Gasteiger partial charge in [0.1, 0.15) is 17.3 Å². The van der Waals surface area contributed by atoms with Gasteiger partial charge in [0, 0.05) is 19.0 Å². The molecule has 1 heterocycles. The van der Waals surface area contributed by atoms with Crippen LogP contribution in [0.25, 0.3) is 0 Å². The largest absolute Gasteiger partial charge is 0.324 e. The molecule has 5 heteroatoms. The van der Waals surface area contributed by atoms with Gasteiger partial charge in [-0.25, -0.2) is 13.6 Å². The minimum absolute atomic E-state index is 0.261. The quantitative estimate of drug-likeness (QED) is 0.894. The number of benzene rings is 2. The summed E-state index contributed by atoms with van der Waals surface area (Å²) < 4.78 is 27.1. The number of likely N-dealkylation sites (tertiary alicyclic amines) is 1. The second-order valence-corrected chi connectivity index (χ2v) is 5.37. The predicted octanol–water partition coefficient (Wildman–Crippen LogP) is 3.99. The van der Waals surface area contributed by atoms with Crippen molar-refractivity contribution in [3.05, 3.63) is 65.7 Å². The van der Waals surface area contributed by atoms with Gasteiger partial charge in [0.2, 0.25) is 0 Å². The van der Waals surface area contributed by atoms with E-state index in [2.05, 4.69) is 5.32 Å². The van der Waals surface area contributed by atoms with Crippen LogP contribution in [0.4, 0.5) is 19.3 Å². The summed E-state index contributed by atoms with van der Waals surface area (Å²) in [6, 6.07) is 13.0. The molecule has 1 fully saturated rings. The molecule has 114 valence electrons. The molecule has 1 unspecified atom stereocenters. The zero-order chi connectivity index (χ0) is 15.5. The lowest BCUT2D eigenvalue weighted by molar-refractivity contribution is 0.221. The van der Waals surface area contributed by atoms with E-state index in [1.165, 1.54) is 11.6 Å². The fourth-order valence-corrected chi connectivity index (χ4v) is 2.75. The third-order valence-corrected chi connectivity index (χ3v) is 3.94. The van der Waals surface area contributed by atoms with Crippen LogP contribution in [0.15, 0.2) is 48.5 Å². The zero-order valence-corrected chi connectivity index (χ0v) is 11.9. The molecule has 0 aliphatic carbocycles. The van der Waals surface area contributed by atoms with Crippen LogP contribution in [-0.2, 0) is 0 Å². The molecule has 0 bridgehead atoms. The Kier molecular flexibility index (Phi) is 4.04. The average Bonchev–Trinajstić information content (AvgIpc) is 3.02. The first kappa shape index (κ1) is 14.5. The van der Waals surface area contributed by atoms with E-state index >= 15 is 0 Å². The number of hydrogen-bond donors (Lipinski definition) is 1. The maximum absolute atomic E-state index is 13.6. The fraction of sp³-hybridized carbons (Fsp3) is 0.235. The molecular formula is C17H16F2N2O. The van der Waals surface area contributed by atoms with Crippen LogP contribution in [0.3, 0.4) is 0 Å². The summed E-state index contributed by atoms with van der Waals surface area (Å²) in [5.74, 6) is -1.28. The Balaban J connectivity index is 1.67. The highest BCUT2D eigenvalue weighted by atomic mass is 19.1. The topological polar surface area (TPSA) is 32.3 Å². The van der Waals surface area contributed by atoms with E-state index in [1.807, 2.05) is 30.3 Å². The molecule has 3 rings (SSSR count). The first-order valence-corrected chi connectivity index (χ1v) is 7.20. The third kappa shape index (κ3) is 2.93. The molecule has 2 aromatic carbocycles. The Morgan fingerprint density at radius 3 is 2.41 bits per heavy atom. The Morgan fingerprint density at radius 1 is 1.05 bits per heavy atom. The van der Waals surface area contributed by atoms with Gasteiger partial charge in [-0.2, -0.15) is 0 Å². The van der Waals surface area contributed by atoms with Crippen LogP contribution < -0.4 is 5.32 Å². The first-order chi connectivity index (χ1) is 10.6. The van der Waals surface area contributed by atoms with Gasteiger partial charge in [-0.05, 0) is 24.1 Å². The monoisotopic (exact) mass is 302 g/mol. The number of nitrogens with one attached hydrogen (secondary N) is 1. The SMILES string of the molecule is O=C(Nc1c(F)cccc1F)N1CCC(c2ccccc2)C1. The smallest absolute Gasteiger partial charge is 0.322 e. The Hall–Kier alpha value is -2.43. The average molecular weight is 302 g/mol. The maximum atomic E-state index is 13.6. The lowest BCUT2D eigenvalue weighted by atomic mass is 9.99. The standard InChI is InChI=1S/C17H16F2N2O/c18-14-7-4-8-15(19)16(14)20-17(22)21-10-9-13(11-21)12-5-2-1-3-6-12/h1-8,13H,9-11H2,(H,20,22). The number of anilines is 1. The Labute approximate surface area is 127 Å². The molecular weight excluding hydrogens is 286 g/mol. The molecule has 1 aliphatic rings. The van der Waals surface area contributed by atoms with Gasteiger partial charge in [-0.1, -0.05) is 36.4 Å². The van der Waals surface area contributed by atoms with Crippen LogP contribution in [0.5, 0.6) is 0 Å². The molecule has 0 aromatic heterocycles. The molecule has 2 aromatic rings. The number of hydrogen-bond acceptors (Lipinski definition) is 1. The van der Waals surface area contributed by atoms with Crippen molar-refractivity contribution in [2.45, 2.75) is 12.3 Å². The van der Waals surface area contributed by atoms with Gasteiger partial charge in [-0.3, -0.25) is 0 Å². The predicted molar refractivity (Wildman–Crippen MR) is 80.7 cm³/mol. The van der Waals surface area contributed by atoms with Crippen LogP contribution in [0.2, 0.25) is 0 Å². The van der Waals surface area contributed by atoms with Crippen molar-refractivity contribution in [1.82, 2.24) is 4.90 Å². The Bertz CT molecular complexity index is 655. The number of nitrogens with zero attached hydrogens (tertiary/aromatic N) is 1. The number of para-hydroxylation sites is 1. The van der Waals surface area contributed by atoms with Crippen molar-refractivity contribution in [3.8, 4) is 0 Å². The molecule has 3 nitrogen and oxygen atoms in total. The van der Waals surface area contributed by atoms with Crippen molar-refractivity contribution < 1.29 is 13.6 Å². The number of rotatable bonds is 2. The van der Waals surface area contributed by atoms with Crippen molar-refractivity contribution in [3.63, 3.8) is 0 Å². The normalized spacial score (nSPS) is 17.5. The molecule has 0 spiro atoms. The van der Waals surface area contributed by atoms with Crippen LogP contribution in [0.1, 0.15) is 17.9 Å². The molecule has 0 radical (unpaired) electrons. The molecule has 1 aliphatic heterocycles. The maximum Gasteiger partial charge on any atom is 0.322 e. The van der Waals surface area contributed by atoms with Gasteiger partial charge in [0.15, 0.2) is 0 Å². The summed E-state index contributed by atoms with van der Waals surface area (Å²) in [7, 11) is 0. The van der Waals surface area contributed by atoms with E-state index in [4.69, 9.17) is 0 Å². The molecule has 0 saturated carbocycles. The van der Waals surface area contributed by atoms with Crippen LogP contribution in [-0.4, -0.2) is 24.0 Å². The van der Waals surface area contributed by atoms with Gasteiger partial charge in [-0.15, -0.1) is 0 Å². The second kappa shape index (κ2) is 6.13. The highest BCUT2D eigenvalue weighted by molar-refractivity contribution is 5.89. The molecule has 1 N–H and O–H groups in total. The lowest BCUT2D eigenvalue weighted by Crippen LogP contribution is -2.33. The fourth-order valence-electron chi connectivity index (χ4n) is 2.75. The summed E-state index contributed by atoms with van der Waals surface area (Å²) in [5, 5.41) is 2.33. The van der Waals surface area contributed by atoms with Crippen molar-refractivity contribution in [1.29, 1.82) is 0 Å². The van der Waals surface area contributed by atoms with Gasteiger partial charge >= 0.3 is 6.03 Å². The first-order valence-electron chi connectivity index (χ1n) is 7.20. The van der Waals surface area contributed by atoms with Gasteiger partial charge in [0.05, 0.1) is 0 Å². The number of carbonyl (C=O) groups excluding carboxylic acids is 1. The zero-order valence-electron chi connectivity index (χ0n) is 11.9. The molecule has 1 atom stereocenters. The van der Waals surface area contributed by atoms with E-state index in [0.29, 0.717) is 13.1 Å². The van der Waals surface area contributed by atoms with E-state index in [1.54, 1.807) is 4.90 Å². The minimum atomic E-state index is -0.771. The van der Waals surface area contributed by atoms with E-state index < -0.39 is 23.4 Å². The number of urea groups is 1. The highest BCUT2D eigenvalue weighted by Crippen LogP contribution is 2.28. The van der Waals surface area contributed by atoms with Gasteiger partial charge < -0.3 is 10.2 Å². The highest BCUT2D eigenvalue weighted by Gasteiger charge is 2.28. The second-order valence-electron chi connectivity index (χ2n) is 5.37. The van der Waals surface area contributed by atoms with Crippen LogP contribution >= 0.6 is 0 Å². The summed E-state index contributed by atoms with van der Waals surface area (Å²) in [6.07, 6.45) is 0.844. The van der Waals surface area contributed by atoms with E-state index in [-0.39, 0.29) is 5.92 Å². The minimum Gasteiger partial charge on any atom is -0.324 e. The van der Waals surface area contributed by atoms with Gasteiger partial charge in [0.25, 0.3) is 0 Å². The number of carbonyl (C=O) groups is 1. The lowest BCUT2D eigenvalue weighted by Gasteiger charge is -2.18. The number of amides is 2. The summed E-state index contributed by atoms with van der Waals surface area (Å²) in [5.41, 5.74) is 0.783. The molecule has 1 saturated heterocycles. The van der Waals surface area contributed by atoms with Crippen molar-refractivity contribution >= 4 is 11.7 Å². The van der Waals surface area contributed by atoms with E-state index in [0.717, 1.165) is 18.6 Å². The summed E-state index contributed by atoms with van der Waals surface area (Å²) >= 11 is 0.